The van der Waals surface area contributed by atoms with Crippen LogP contribution in [0.25, 0.3) is 5.69 Å². The van der Waals surface area contributed by atoms with E-state index in [1.54, 1.807) is 35.9 Å². The predicted octanol–water partition coefficient (Wildman–Crippen LogP) is 1.33. The Morgan fingerprint density at radius 1 is 1.08 bits per heavy atom. The van der Waals surface area contributed by atoms with Gasteiger partial charge >= 0.3 is 11.7 Å². The van der Waals surface area contributed by atoms with Crippen LogP contribution in [-0.4, -0.2) is 81.6 Å². The zero-order valence-electron chi connectivity index (χ0n) is 22.9. The first-order valence-electron chi connectivity index (χ1n) is 13.3. The van der Waals surface area contributed by atoms with Crippen LogP contribution in [-0.2, 0) is 11.2 Å². The molecule has 1 atom stereocenters. The Morgan fingerprint density at radius 3 is 2.26 bits per heavy atom. The monoisotopic (exact) mass is 560 g/mol. The van der Waals surface area contributed by atoms with Crippen molar-refractivity contribution in [1.82, 2.24) is 24.7 Å². The van der Waals surface area contributed by atoms with Crippen LogP contribution < -0.4 is 27.8 Å². The Kier molecular flexibility index (Phi) is 10.1. The molecule has 214 valence electrons. The summed E-state index contributed by atoms with van der Waals surface area (Å²) in [6, 6.07) is 9.80. The summed E-state index contributed by atoms with van der Waals surface area (Å²) in [4.78, 5) is 45.0. The van der Waals surface area contributed by atoms with Crippen LogP contribution in [0.1, 0.15) is 39.2 Å². The molecule has 2 fully saturated rings. The minimum Gasteiger partial charge on any atom is -0.338 e. The van der Waals surface area contributed by atoms with Crippen LogP contribution in [0.2, 0.25) is 0 Å². The summed E-state index contributed by atoms with van der Waals surface area (Å²) in [5.74, 6) is 0.727. The van der Waals surface area contributed by atoms with Gasteiger partial charge in [0.2, 0.25) is 5.91 Å². The average Bonchev–Trinajstić information content (AvgIpc) is 2.86. The highest BCUT2D eigenvalue weighted by Crippen LogP contribution is 2.24. The molecule has 0 radical (unpaired) electrons. The van der Waals surface area contributed by atoms with E-state index in [0.29, 0.717) is 49.9 Å². The molecule has 2 aliphatic rings. The highest BCUT2D eigenvalue weighted by atomic mass is 35.5. The molecule has 1 aliphatic heterocycles. The summed E-state index contributed by atoms with van der Waals surface area (Å²) in [6.45, 7) is 8.07. The number of carbonyl (C=O) groups is 2. The number of rotatable bonds is 8. The number of benzene rings is 1. The molecular formula is C27H41ClN8O3. The maximum atomic E-state index is 12.7. The Hall–Kier alpha value is -2.99. The van der Waals surface area contributed by atoms with E-state index in [1.165, 1.54) is 10.1 Å². The molecule has 3 amide bonds. The van der Waals surface area contributed by atoms with Gasteiger partial charge in [0, 0.05) is 44.5 Å². The standard InChI is InChI=1S/C27H40N8O3.ClH/c1-18(30-17-20-15-21(28)16-20)14-19-4-6-22(7-5-19)35-9-8-23(32-26(35)38)31-25(37)34-12-10-33(11-13-34)24(36)27(2,3)29;/h4-9,18,20-21,30H,10-17,28-29H2,1-3H3,(H,31,32,37,38);1H. The number of nitrogens with one attached hydrogen (secondary N) is 2. The van der Waals surface area contributed by atoms with E-state index in [1.807, 2.05) is 24.3 Å². The van der Waals surface area contributed by atoms with Crippen molar-refractivity contribution in [2.75, 3.05) is 38.0 Å². The van der Waals surface area contributed by atoms with E-state index in [9.17, 15) is 14.4 Å². The number of nitrogens with two attached hydrogens (primary N) is 2. The largest absolute Gasteiger partial charge is 0.354 e. The molecule has 1 saturated carbocycles. The molecule has 2 heterocycles. The van der Waals surface area contributed by atoms with Crippen molar-refractivity contribution in [3.8, 4) is 5.69 Å². The van der Waals surface area contributed by atoms with Crippen LogP contribution >= 0.6 is 12.4 Å². The smallest absolute Gasteiger partial charge is 0.338 e. The number of hydrogen-bond acceptors (Lipinski definition) is 7. The molecule has 1 unspecified atom stereocenters. The molecule has 1 saturated heterocycles. The minimum atomic E-state index is -0.946. The number of hydrogen-bond donors (Lipinski definition) is 4. The zero-order valence-corrected chi connectivity index (χ0v) is 23.7. The van der Waals surface area contributed by atoms with Gasteiger partial charge in [-0.15, -0.1) is 12.4 Å². The quantitative estimate of drug-likeness (QED) is 0.380. The van der Waals surface area contributed by atoms with Gasteiger partial charge in [-0.3, -0.25) is 14.7 Å². The van der Waals surface area contributed by atoms with Crippen LogP contribution in [0.3, 0.4) is 0 Å². The maximum Gasteiger partial charge on any atom is 0.354 e. The van der Waals surface area contributed by atoms with Crippen molar-refractivity contribution in [2.24, 2.45) is 17.4 Å². The van der Waals surface area contributed by atoms with Crippen molar-refractivity contribution in [3.05, 3.63) is 52.6 Å². The molecule has 1 aliphatic carbocycles. The SMILES string of the molecule is CC(Cc1ccc(-n2ccc(NC(=O)N3CCN(C(=O)C(C)(C)N)CC3)nc2=O)cc1)NCC1CC(N)C1.Cl. The number of aromatic nitrogens is 2. The van der Waals surface area contributed by atoms with E-state index in [-0.39, 0.29) is 30.2 Å². The van der Waals surface area contributed by atoms with Crippen molar-refractivity contribution in [1.29, 1.82) is 0 Å². The number of amides is 3. The van der Waals surface area contributed by atoms with Gasteiger partial charge in [-0.1, -0.05) is 12.1 Å². The highest BCUT2D eigenvalue weighted by Gasteiger charge is 2.31. The van der Waals surface area contributed by atoms with Crippen LogP contribution in [0.15, 0.2) is 41.3 Å². The minimum absolute atomic E-state index is 0. The van der Waals surface area contributed by atoms with Gasteiger partial charge in [0.05, 0.1) is 11.2 Å². The summed E-state index contributed by atoms with van der Waals surface area (Å²) in [6.07, 6.45) is 4.70. The summed E-state index contributed by atoms with van der Waals surface area (Å²) in [5, 5.41) is 6.27. The first-order valence-corrected chi connectivity index (χ1v) is 13.3. The number of piperazine rings is 1. The second-order valence-corrected chi connectivity index (χ2v) is 11.2. The van der Waals surface area contributed by atoms with E-state index in [4.69, 9.17) is 11.5 Å². The second kappa shape index (κ2) is 12.9. The van der Waals surface area contributed by atoms with E-state index in [2.05, 4.69) is 22.5 Å². The number of anilines is 1. The Bertz CT molecular complexity index is 1180. The molecule has 0 spiro atoms. The lowest BCUT2D eigenvalue weighted by atomic mass is 9.81. The molecule has 2 aromatic rings. The predicted molar refractivity (Wildman–Crippen MR) is 154 cm³/mol. The first kappa shape index (κ1) is 30.6. The van der Waals surface area contributed by atoms with Gasteiger partial charge in [-0.05, 0) is 76.3 Å². The number of halogens is 1. The van der Waals surface area contributed by atoms with E-state index in [0.717, 1.165) is 25.8 Å². The Balaban J connectivity index is 0.00000420. The molecule has 1 aromatic carbocycles. The Labute approximate surface area is 235 Å². The van der Waals surface area contributed by atoms with E-state index < -0.39 is 11.2 Å². The molecule has 1 aromatic heterocycles. The maximum absolute atomic E-state index is 12.7. The number of nitrogens with zero attached hydrogens (tertiary/aromatic N) is 4. The van der Waals surface area contributed by atoms with E-state index >= 15 is 0 Å². The van der Waals surface area contributed by atoms with Gasteiger partial charge in [0.1, 0.15) is 5.82 Å². The van der Waals surface area contributed by atoms with Crippen molar-refractivity contribution in [3.63, 3.8) is 0 Å². The van der Waals surface area contributed by atoms with Crippen molar-refractivity contribution < 1.29 is 9.59 Å². The fourth-order valence-corrected chi connectivity index (χ4v) is 4.92. The number of carbonyl (C=O) groups excluding carboxylic acids is 2. The fraction of sp³-hybridized carbons (Fsp3) is 0.556. The third-order valence-corrected chi connectivity index (χ3v) is 7.23. The van der Waals surface area contributed by atoms with Crippen molar-refractivity contribution >= 4 is 30.2 Å². The second-order valence-electron chi connectivity index (χ2n) is 11.2. The Morgan fingerprint density at radius 2 is 1.69 bits per heavy atom. The van der Waals surface area contributed by atoms with Gasteiger partial charge in [0.25, 0.3) is 0 Å². The molecular weight excluding hydrogens is 520 g/mol. The van der Waals surface area contributed by atoms with Crippen LogP contribution in [0, 0.1) is 5.92 Å². The van der Waals surface area contributed by atoms with Gasteiger partial charge in [-0.2, -0.15) is 4.98 Å². The molecule has 4 rings (SSSR count). The summed E-state index contributed by atoms with van der Waals surface area (Å²) in [5.41, 5.74) is 12.2. The zero-order chi connectivity index (χ0) is 27.4. The lowest BCUT2D eigenvalue weighted by Crippen LogP contribution is -2.58. The normalized spacial score (nSPS) is 20.0. The molecule has 6 N–H and O–H groups in total. The number of urea groups is 1. The molecule has 12 heteroatoms. The first-order chi connectivity index (χ1) is 18.0. The summed E-state index contributed by atoms with van der Waals surface area (Å²) in [7, 11) is 0. The van der Waals surface area contributed by atoms with Crippen molar-refractivity contribution in [2.45, 2.75) is 57.7 Å². The summed E-state index contributed by atoms with van der Waals surface area (Å²) >= 11 is 0. The average molecular weight is 561 g/mol. The van der Waals surface area contributed by atoms with Gasteiger partial charge in [0.15, 0.2) is 0 Å². The van der Waals surface area contributed by atoms with Gasteiger partial charge < -0.3 is 26.6 Å². The lowest BCUT2D eigenvalue weighted by Gasteiger charge is -2.37. The molecule has 39 heavy (non-hydrogen) atoms. The lowest BCUT2D eigenvalue weighted by molar-refractivity contribution is -0.137. The molecule has 11 nitrogen and oxygen atoms in total. The fourth-order valence-electron chi connectivity index (χ4n) is 4.92. The molecule has 0 bridgehead atoms. The third kappa shape index (κ3) is 8.01. The summed E-state index contributed by atoms with van der Waals surface area (Å²) < 4.78 is 1.44. The topological polar surface area (TPSA) is 152 Å². The third-order valence-electron chi connectivity index (χ3n) is 7.23. The highest BCUT2D eigenvalue weighted by molar-refractivity contribution is 5.89. The van der Waals surface area contributed by atoms with Crippen LogP contribution in [0.4, 0.5) is 10.6 Å². The van der Waals surface area contributed by atoms with Crippen LogP contribution in [0.5, 0.6) is 0 Å². The van der Waals surface area contributed by atoms with Gasteiger partial charge in [-0.25, -0.2) is 9.59 Å².